The summed E-state index contributed by atoms with van der Waals surface area (Å²) < 4.78 is 39.7. The number of amides is 1. The molecule has 12 heteroatoms. The van der Waals surface area contributed by atoms with Crippen molar-refractivity contribution in [2.24, 2.45) is 0 Å². The van der Waals surface area contributed by atoms with Gasteiger partial charge in [0.25, 0.3) is 5.91 Å². The van der Waals surface area contributed by atoms with E-state index in [1.165, 1.54) is 23.5 Å². The number of carbonyl (C=O) groups is 1. The number of aromatic amines is 2. The topological polar surface area (TPSA) is 108 Å². The van der Waals surface area contributed by atoms with E-state index in [1.807, 2.05) is 0 Å². The van der Waals surface area contributed by atoms with E-state index in [-0.39, 0.29) is 5.82 Å². The molecule has 3 N–H and O–H groups in total. The van der Waals surface area contributed by atoms with Gasteiger partial charge in [-0.05, 0) is 19.1 Å². The summed E-state index contributed by atoms with van der Waals surface area (Å²) in [5, 5.41) is 10.3. The summed E-state index contributed by atoms with van der Waals surface area (Å²) in [5.74, 6) is -0.130. The number of hydrogen-bond donors (Lipinski definition) is 3. The Hall–Kier alpha value is -3.41. The maximum absolute atomic E-state index is 12.7. The fourth-order valence-corrected chi connectivity index (χ4v) is 3.60. The number of imidazole rings is 1. The van der Waals surface area contributed by atoms with Gasteiger partial charge in [0, 0.05) is 17.1 Å². The van der Waals surface area contributed by atoms with Crippen molar-refractivity contribution in [1.29, 1.82) is 0 Å². The number of carbonyl (C=O) groups excluding carboxylic acids is 1. The molecule has 4 rings (SSSR count). The molecule has 0 unspecified atom stereocenters. The number of H-pyrrole nitrogens is 2. The normalized spacial score (nSPS) is 13.0. The van der Waals surface area contributed by atoms with Gasteiger partial charge in [-0.2, -0.15) is 18.3 Å². The maximum Gasteiger partial charge on any atom is 0.416 e. The van der Waals surface area contributed by atoms with E-state index < -0.39 is 29.4 Å². The van der Waals surface area contributed by atoms with Crippen molar-refractivity contribution >= 4 is 22.2 Å². The zero-order valence-corrected chi connectivity index (χ0v) is 15.6. The number of alkyl halides is 3. The molecule has 0 spiro atoms. The van der Waals surface area contributed by atoms with Crippen LogP contribution in [0.15, 0.2) is 40.6 Å². The van der Waals surface area contributed by atoms with Crippen LogP contribution in [0.4, 0.5) is 13.2 Å². The molecule has 1 aromatic carbocycles. The second kappa shape index (κ2) is 6.88. The molecule has 29 heavy (non-hydrogen) atoms. The highest BCUT2D eigenvalue weighted by atomic mass is 32.1. The SMILES string of the molecule is C[C@@H](NC(=O)c1csc2nc(-c3ccc(C(F)(F)F)cc3)cn12)c1n[nH]c(=O)[nH]1. The molecule has 1 atom stereocenters. The lowest BCUT2D eigenvalue weighted by Gasteiger charge is -2.10. The van der Waals surface area contributed by atoms with E-state index in [2.05, 4.69) is 25.5 Å². The average molecular weight is 422 g/mol. The lowest BCUT2D eigenvalue weighted by Crippen LogP contribution is -2.28. The predicted octanol–water partition coefficient (Wildman–Crippen LogP) is 2.98. The molecule has 150 valence electrons. The predicted molar refractivity (Wildman–Crippen MR) is 98.6 cm³/mol. The Morgan fingerprint density at radius 3 is 2.62 bits per heavy atom. The Morgan fingerprint density at radius 1 is 1.28 bits per heavy atom. The van der Waals surface area contributed by atoms with Crippen molar-refractivity contribution in [2.75, 3.05) is 0 Å². The van der Waals surface area contributed by atoms with Crippen LogP contribution >= 0.6 is 11.3 Å². The summed E-state index contributed by atoms with van der Waals surface area (Å²) in [6.45, 7) is 1.66. The Labute approximate surface area is 164 Å². The van der Waals surface area contributed by atoms with Gasteiger partial charge in [0.15, 0.2) is 10.8 Å². The number of thiazole rings is 1. The minimum Gasteiger partial charge on any atom is -0.341 e. The van der Waals surface area contributed by atoms with Gasteiger partial charge in [-0.15, -0.1) is 11.3 Å². The molecule has 8 nitrogen and oxygen atoms in total. The van der Waals surface area contributed by atoms with Crippen LogP contribution in [-0.4, -0.2) is 30.5 Å². The number of benzene rings is 1. The summed E-state index contributed by atoms with van der Waals surface area (Å²) in [4.78, 5) is 31.1. The molecule has 3 heterocycles. The van der Waals surface area contributed by atoms with Gasteiger partial charge >= 0.3 is 11.9 Å². The van der Waals surface area contributed by atoms with Crippen LogP contribution < -0.4 is 11.0 Å². The van der Waals surface area contributed by atoms with E-state index in [0.717, 1.165) is 12.1 Å². The van der Waals surface area contributed by atoms with Crippen LogP contribution in [0.5, 0.6) is 0 Å². The number of fused-ring (bicyclic) bond motifs is 1. The molecule has 0 radical (unpaired) electrons. The number of hydrogen-bond acceptors (Lipinski definition) is 5. The van der Waals surface area contributed by atoms with Crippen molar-refractivity contribution in [1.82, 2.24) is 29.9 Å². The smallest absolute Gasteiger partial charge is 0.341 e. The van der Waals surface area contributed by atoms with Crippen molar-refractivity contribution < 1.29 is 18.0 Å². The maximum atomic E-state index is 12.7. The van der Waals surface area contributed by atoms with Gasteiger partial charge in [-0.1, -0.05) is 12.1 Å². The van der Waals surface area contributed by atoms with Crippen LogP contribution in [0, 0.1) is 0 Å². The first-order valence-corrected chi connectivity index (χ1v) is 9.20. The van der Waals surface area contributed by atoms with Crippen molar-refractivity contribution in [3.63, 3.8) is 0 Å². The second-order valence-corrected chi connectivity index (χ2v) is 7.07. The first kappa shape index (κ1) is 18.9. The van der Waals surface area contributed by atoms with E-state index in [0.29, 0.717) is 21.9 Å². The Bertz CT molecular complexity index is 1230. The molecule has 0 aliphatic carbocycles. The second-order valence-electron chi connectivity index (χ2n) is 6.23. The lowest BCUT2D eigenvalue weighted by molar-refractivity contribution is -0.137. The zero-order chi connectivity index (χ0) is 20.8. The number of nitrogens with one attached hydrogen (secondary N) is 3. The van der Waals surface area contributed by atoms with Crippen LogP contribution in [0.25, 0.3) is 16.2 Å². The van der Waals surface area contributed by atoms with Crippen LogP contribution in [0.1, 0.15) is 34.8 Å². The molecular weight excluding hydrogens is 409 g/mol. The van der Waals surface area contributed by atoms with Gasteiger partial charge < -0.3 is 5.32 Å². The number of rotatable bonds is 4. The summed E-state index contributed by atoms with van der Waals surface area (Å²) in [7, 11) is 0. The van der Waals surface area contributed by atoms with Gasteiger partial charge in [0.05, 0.1) is 17.3 Å². The molecule has 0 aliphatic rings. The molecule has 3 aromatic heterocycles. The molecule has 0 aliphatic heterocycles. The summed E-state index contributed by atoms with van der Waals surface area (Å²) in [6, 6.07) is 4.11. The number of nitrogens with zero attached hydrogens (tertiary/aromatic N) is 3. The summed E-state index contributed by atoms with van der Waals surface area (Å²) in [6.07, 6.45) is -2.82. The molecule has 0 bridgehead atoms. The highest BCUT2D eigenvalue weighted by Crippen LogP contribution is 2.31. The molecule has 0 fully saturated rings. The van der Waals surface area contributed by atoms with Crippen molar-refractivity contribution in [2.45, 2.75) is 19.1 Å². The summed E-state index contributed by atoms with van der Waals surface area (Å²) in [5.41, 5.74) is 0.0370. The quantitative estimate of drug-likeness (QED) is 0.470. The van der Waals surface area contributed by atoms with E-state index in [1.54, 1.807) is 22.9 Å². The van der Waals surface area contributed by atoms with Crippen LogP contribution in [0.3, 0.4) is 0 Å². The number of halogens is 3. The highest BCUT2D eigenvalue weighted by Gasteiger charge is 2.30. The van der Waals surface area contributed by atoms with E-state index in [4.69, 9.17) is 0 Å². The molecule has 1 amide bonds. The third-order valence-corrected chi connectivity index (χ3v) is 5.07. The van der Waals surface area contributed by atoms with Crippen molar-refractivity contribution in [3.8, 4) is 11.3 Å². The fourth-order valence-electron chi connectivity index (χ4n) is 2.74. The van der Waals surface area contributed by atoms with Gasteiger partial charge in [-0.25, -0.2) is 14.9 Å². The van der Waals surface area contributed by atoms with Crippen molar-refractivity contribution in [3.05, 3.63) is 63.4 Å². The van der Waals surface area contributed by atoms with E-state index >= 15 is 0 Å². The van der Waals surface area contributed by atoms with Gasteiger partial charge in [0.1, 0.15) is 5.69 Å². The first-order chi connectivity index (χ1) is 13.7. The average Bonchev–Trinajstić information content (AvgIpc) is 3.36. The summed E-state index contributed by atoms with van der Waals surface area (Å²) >= 11 is 1.22. The molecule has 0 saturated carbocycles. The minimum absolute atomic E-state index is 0.283. The fraction of sp³-hybridized carbons (Fsp3) is 0.176. The molecule has 4 aromatic rings. The third kappa shape index (κ3) is 3.66. The zero-order valence-electron chi connectivity index (χ0n) is 14.7. The van der Waals surface area contributed by atoms with Gasteiger partial charge in [-0.3, -0.25) is 14.2 Å². The van der Waals surface area contributed by atoms with Crippen LogP contribution in [-0.2, 0) is 6.18 Å². The largest absolute Gasteiger partial charge is 0.416 e. The highest BCUT2D eigenvalue weighted by molar-refractivity contribution is 7.15. The molecule has 0 saturated heterocycles. The Kier molecular flexibility index (Phi) is 4.49. The molecular formula is C17H13F3N6O2S. The Balaban J connectivity index is 1.58. The first-order valence-electron chi connectivity index (χ1n) is 8.32. The lowest BCUT2D eigenvalue weighted by atomic mass is 10.1. The Morgan fingerprint density at radius 2 is 2.00 bits per heavy atom. The number of aromatic nitrogens is 5. The van der Waals surface area contributed by atoms with E-state index in [9.17, 15) is 22.8 Å². The standard InChI is InChI=1S/C17H13F3N6O2S/c1-8(13-23-15(28)25-24-13)21-14(27)12-7-29-16-22-11(6-26(12)16)9-2-4-10(5-3-9)17(18,19)20/h2-8H,1H3,(H,21,27)(H2,23,24,25,28)/t8-/m1/s1. The third-order valence-electron chi connectivity index (χ3n) is 4.23. The monoisotopic (exact) mass is 422 g/mol. The van der Waals surface area contributed by atoms with Gasteiger partial charge in [0.2, 0.25) is 0 Å². The van der Waals surface area contributed by atoms with Crippen LogP contribution in [0.2, 0.25) is 0 Å². The minimum atomic E-state index is -4.41.